The molecule has 144 valence electrons. The van der Waals surface area contributed by atoms with E-state index in [0.717, 1.165) is 12.1 Å². The molecule has 0 radical (unpaired) electrons. The Kier molecular flexibility index (Phi) is 4.08. The molecule has 2 fully saturated rings. The smallest absolute Gasteiger partial charge is 0.403 e. The second kappa shape index (κ2) is 5.60. The lowest BCUT2D eigenvalue weighted by Crippen LogP contribution is -2.75. The number of aliphatic hydroxyl groups excluding tert-OH is 1. The van der Waals surface area contributed by atoms with Gasteiger partial charge in [0.1, 0.15) is 6.10 Å². The van der Waals surface area contributed by atoms with E-state index in [2.05, 4.69) is 13.1 Å². The van der Waals surface area contributed by atoms with Gasteiger partial charge in [-0.2, -0.15) is 8.42 Å². The van der Waals surface area contributed by atoms with Crippen molar-refractivity contribution < 1.29 is 49.0 Å². The zero-order valence-electron chi connectivity index (χ0n) is 12.6. The summed E-state index contributed by atoms with van der Waals surface area (Å²) in [7, 11) is -4.51. The van der Waals surface area contributed by atoms with E-state index in [1.54, 1.807) is 0 Å². The van der Waals surface area contributed by atoms with Crippen LogP contribution < -0.4 is 10.5 Å². The summed E-state index contributed by atoms with van der Waals surface area (Å²) in [6.45, 7) is 0. The quantitative estimate of drug-likeness (QED) is 0.690. The summed E-state index contributed by atoms with van der Waals surface area (Å²) >= 11 is 0. The Labute approximate surface area is 143 Å². The fourth-order valence-electron chi connectivity index (χ4n) is 3.01. The monoisotopic (exact) mass is 401 g/mol. The Morgan fingerprint density at radius 2 is 1.92 bits per heavy atom. The van der Waals surface area contributed by atoms with Gasteiger partial charge in [-0.15, -0.1) is 13.2 Å². The number of rotatable bonds is 2. The van der Waals surface area contributed by atoms with E-state index in [1.807, 2.05) is 0 Å². The average molecular weight is 401 g/mol. The molecule has 1 aromatic carbocycles. The third kappa shape index (κ3) is 2.75. The molecule has 1 aliphatic heterocycles. The lowest BCUT2D eigenvalue weighted by molar-refractivity contribution is -0.275. The molecule has 0 bridgehead atoms. The molecule has 2 unspecified atom stereocenters. The van der Waals surface area contributed by atoms with Crippen molar-refractivity contribution >= 4 is 16.2 Å². The fourth-order valence-corrected chi connectivity index (χ4v) is 4.11. The van der Waals surface area contributed by atoms with E-state index in [4.69, 9.17) is 5.73 Å². The van der Waals surface area contributed by atoms with E-state index in [9.17, 15) is 35.9 Å². The predicted molar refractivity (Wildman–Crippen MR) is 73.0 cm³/mol. The Balaban J connectivity index is 2.15. The fraction of sp³-hybridized carbons (Fsp3) is 0.462. The summed E-state index contributed by atoms with van der Waals surface area (Å²) in [6.07, 6.45) is -7.71. The zero-order chi connectivity index (χ0) is 19.5. The first-order chi connectivity index (χ1) is 11.8. The lowest BCUT2D eigenvalue weighted by Gasteiger charge is -2.52. The molecule has 1 saturated heterocycles. The molecule has 1 aromatic rings. The number of benzene rings is 1. The van der Waals surface area contributed by atoms with Crippen molar-refractivity contribution in [3.05, 3.63) is 29.6 Å². The van der Waals surface area contributed by atoms with Crippen molar-refractivity contribution in [2.24, 2.45) is 5.73 Å². The molecule has 2 aliphatic rings. The molecule has 1 spiro atoms. The van der Waals surface area contributed by atoms with Crippen molar-refractivity contribution in [3.63, 3.8) is 0 Å². The van der Waals surface area contributed by atoms with Crippen molar-refractivity contribution in [1.29, 1.82) is 0 Å². The summed E-state index contributed by atoms with van der Waals surface area (Å²) < 4.78 is 87.1. The highest BCUT2D eigenvalue weighted by Crippen LogP contribution is 2.52. The third-order valence-electron chi connectivity index (χ3n) is 4.13. The van der Waals surface area contributed by atoms with Crippen LogP contribution in [0.3, 0.4) is 0 Å². The van der Waals surface area contributed by atoms with Gasteiger partial charge in [0.25, 0.3) is 0 Å². The van der Waals surface area contributed by atoms with Crippen molar-refractivity contribution in [2.45, 2.75) is 36.6 Å². The minimum atomic E-state index is -5.23. The Morgan fingerprint density at radius 3 is 2.46 bits per heavy atom. The maximum atomic E-state index is 14.6. The Bertz CT molecular complexity index is 860. The van der Waals surface area contributed by atoms with Crippen LogP contribution in [0.15, 0.2) is 18.2 Å². The summed E-state index contributed by atoms with van der Waals surface area (Å²) in [5, 5.41) is 9.78. The van der Waals surface area contributed by atoms with E-state index < -0.39 is 63.5 Å². The van der Waals surface area contributed by atoms with Crippen LogP contribution in [0, 0.1) is 5.82 Å². The number of halogens is 4. The summed E-state index contributed by atoms with van der Waals surface area (Å²) in [6, 6.07) is 2.38. The van der Waals surface area contributed by atoms with Gasteiger partial charge in [0.05, 0.1) is 0 Å². The highest BCUT2D eigenvalue weighted by molar-refractivity contribution is 7.82. The number of ketones is 1. The van der Waals surface area contributed by atoms with Gasteiger partial charge in [-0.25, -0.2) is 12.8 Å². The highest BCUT2D eigenvalue weighted by Gasteiger charge is 2.71. The molecular weight excluding hydrogens is 390 g/mol. The number of aliphatic hydroxyl groups is 1. The molecule has 0 aromatic heterocycles. The van der Waals surface area contributed by atoms with Crippen molar-refractivity contribution in [2.75, 3.05) is 0 Å². The van der Waals surface area contributed by atoms with Crippen molar-refractivity contribution in [3.8, 4) is 5.75 Å². The number of carbonyl (C=O) groups is 1. The van der Waals surface area contributed by atoms with Crippen molar-refractivity contribution in [1.82, 2.24) is 0 Å². The number of ether oxygens (including phenoxy) is 1. The zero-order valence-corrected chi connectivity index (χ0v) is 13.4. The summed E-state index contributed by atoms with van der Waals surface area (Å²) in [4.78, 5) is 12.5. The Hall–Kier alpha value is -1.80. The van der Waals surface area contributed by atoms with Gasteiger partial charge in [0, 0.05) is 12.0 Å². The SMILES string of the molecule is NC1(c2cccc(OC(F)(F)F)c2F)C(=O)C(O)CCC12OS(=O)(=O)O2. The van der Waals surface area contributed by atoms with Gasteiger partial charge in [-0.1, -0.05) is 12.1 Å². The highest BCUT2D eigenvalue weighted by atomic mass is 32.3. The molecule has 1 aliphatic carbocycles. The molecule has 13 heteroatoms. The van der Waals surface area contributed by atoms with Gasteiger partial charge in [-0.05, 0) is 12.5 Å². The summed E-state index contributed by atoms with van der Waals surface area (Å²) in [5.41, 5.74) is 2.30. The largest absolute Gasteiger partial charge is 0.573 e. The lowest BCUT2D eigenvalue weighted by atomic mass is 9.70. The number of nitrogens with two attached hydrogens (primary N) is 1. The number of hydrogen-bond acceptors (Lipinski definition) is 8. The van der Waals surface area contributed by atoms with Crippen LogP contribution in [0.4, 0.5) is 17.6 Å². The van der Waals surface area contributed by atoms with Gasteiger partial charge in [0.2, 0.25) is 5.79 Å². The van der Waals surface area contributed by atoms with Gasteiger partial charge >= 0.3 is 16.8 Å². The molecular formula is C13H11F4NO7S. The summed E-state index contributed by atoms with van der Waals surface area (Å²) in [5.74, 6) is -6.64. The van der Waals surface area contributed by atoms with Crippen LogP contribution in [-0.4, -0.2) is 37.6 Å². The average Bonchev–Trinajstić information content (AvgIpc) is 2.48. The van der Waals surface area contributed by atoms with Crippen LogP contribution in [0.5, 0.6) is 5.75 Å². The molecule has 3 N–H and O–H groups in total. The van der Waals surface area contributed by atoms with Crippen LogP contribution >= 0.6 is 0 Å². The first-order valence-corrected chi connectivity index (χ1v) is 8.37. The first-order valence-electron chi connectivity index (χ1n) is 7.03. The van der Waals surface area contributed by atoms with Crippen LogP contribution in [0.25, 0.3) is 0 Å². The number of carbonyl (C=O) groups excluding carboxylic acids is 1. The van der Waals surface area contributed by atoms with Crippen LogP contribution in [0.1, 0.15) is 18.4 Å². The predicted octanol–water partition coefficient (Wildman–Crippen LogP) is 0.590. The molecule has 3 rings (SSSR count). The molecule has 2 atom stereocenters. The van der Waals surface area contributed by atoms with E-state index in [0.29, 0.717) is 6.07 Å². The maximum absolute atomic E-state index is 14.6. The number of hydrogen-bond donors (Lipinski definition) is 2. The van der Waals surface area contributed by atoms with E-state index in [1.165, 1.54) is 0 Å². The number of alkyl halides is 3. The number of Topliss-reactive ketones (excluding diaryl/α,β-unsaturated/α-hetero) is 1. The molecule has 0 amide bonds. The van der Waals surface area contributed by atoms with Gasteiger partial charge in [0.15, 0.2) is 22.9 Å². The van der Waals surface area contributed by atoms with Gasteiger partial charge in [-0.3, -0.25) is 4.79 Å². The standard InChI is InChI=1S/C13H11F4NO7S/c14-9-6(2-1-3-8(9)23-13(15,16)17)12(18)10(20)7(19)4-5-11(12)24-26(21,22)25-11/h1-3,7,19H,4-5,18H2. The van der Waals surface area contributed by atoms with Crippen LogP contribution in [0.2, 0.25) is 0 Å². The second-order valence-electron chi connectivity index (χ2n) is 5.72. The maximum Gasteiger partial charge on any atom is 0.573 e. The molecule has 1 heterocycles. The first kappa shape index (κ1) is 19.0. The molecule has 26 heavy (non-hydrogen) atoms. The third-order valence-corrected chi connectivity index (χ3v) is 5.07. The Morgan fingerprint density at radius 1 is 1.31 bits per heavy atom. The van der Waals surface area contributed by atoms with E-state index in [-0.39, 0.29) is 6.42 Å². The normalized spacial score (nSPS) is 30.1. The minimum absolute atomic E-state index is 0.312. The second-order valence-corrected chi connectivity index (χ2v) is 6.87. The van der Waals surface area contributed by atoms with E-state index >= 15 is 0 Å². The molecule has 8 nitrogen and oxygen atoms in total. The molecule has 1 saturated carbocycles. The topological polar surface area (TPSA) is 125 Å². The van der Waals surface area contributed by atoms with Crippen LogP contribution in [-0.2, 0) is 29.1 Å². The minimum Gasteiger partial charge on any atom is -0.403 e. The van der Waals surface area contributed by atoms with Gasteiger partial charge < -0.3 is 15.6 Å².